The maximum atomic E-state index is 8.90. The highest BCUT2D eigenvalue weighted by atomic mass is 35.5. The molecule has 1 unspecified atom stereocenters. The number of pyridine rings is 1. The number of rotatable bonds is 4. The Morgan fingerprint density at radius 1 is 1.14 bits per heavy atom. The van der Waals surface area contributed by atoms with Crippen LogP contribution in [0.15, 0.2) is 53.2 Å². The summed E-state index contributed by atoms with van der Waals surface area (Å²) in [5.74, 6) is 1.64. The minimum atomic E-state index is 0.160. The van der Waals surface area contributed by atoms with Gasteiger partial charge < -0.3 is 9.42 Å². The Hall–Kier alpha value is -2.88. The molecule has 3 aromatic rings. The molecule has 0 spiro atoms. The van der Waals surface area contributed by atoms with Gasteiger partial charge in [-0.05, 0) is 31.2 Å². The minimum Gasteiger partial charge on any atom is -0.356 e. The molecule has 1 aromatic carbocycles. The molecule has 1 aliphatic rings. The summed E-state index contributed by atoms with van der Waals surface area (Å²) < 4.78 is 5.55. The Kier molecular flexibility index (Phi) is 5.29. The molecule has 4 rings (SSSR count). The quantitative estimate of drug-likeness (QED) is 0.663. The van der Waals surface area contributed by atoms with Crippen molar-refractivity contribution in [1.82, 2.24) is 15.0 Å². The lowest BCUT2D eigenvalue weighted by molar-refractivity contribution is 0.190. The topological polar surface area (TPSA) is 69.2 Å². The molecule has 1 atom stereocenters. The van der Waals surface area contributed by atoms with Crippen LogP contribution < -0.4 is 4.90 Å². The summed E-state index contributed by atoms with van der Waals surface area (Å²) in [4.78, 5) is 9.02. The first-order valence-electron chi connectivity index (χ1n) is 9.22. The molecule has 1 saturated heterocycles. The second-order valence-electron chi connectivity index (χ2n) is 6.84. The summed E-state index contributed by atoms with van der Waals surface area (Å²) in [5.41, 5.74) is 2.42. The SMILES string of the molecule is CC(c1cc(-c2cccc(Cl)c2)on1)N1CCN(c2ccc(C#N)cn2)CC1. The first-order chi connectivity index (χ1) is 13.6. The molecule has 6 nitrogen and oxygen atoms in total. The molecule has 1 aliphatic heterocycles. The largest absolute Gasteiger partial charge is 0.356 e. The van der Waals surface area contributed by atoms with E-state index in [2.05, 4.69) is 32.9 Å². The maximum absolute atomic E-state index is 8.90. The molecule has 0 amide bonds. The van der Waals surface area contributed by atoms with E-state index < -0.39 is 0 Å². The van der Waals surface area contributed by atoms with E-state index in [9.17, 15) is 0 Å². The standard InChI is InChI=1S/C21H20ClN5O/c1-15(19-12-20(28-25-19)17-3-2-4-18(22)11-17)26-7-9-27(10-8-26)21-6-5-16(13-23)14-24-21/h2-6,11-12,14-15H,7-10H2,1H3. The first-order valence-corrected chi connectivity index (χ1v) is 9.59. The third-order valence-electron chi connectivity index (χ3n) is 5.13. The number of nitrogens with zero attached hydrogens (tertiary/aromatic N) is 5. The van der Waals surface area contributed by atoms with Gasteiger partial charge in [0.1, 0.15) is 17.6 Å². The molecular weight excluding hydrogens is 374 g/mol. The average molecular weight is 394 g/mol. The van der Waals surface area contributed by atoms with Crippen molar-refractivity contribution in [2.45, 2.75) is 13.0 Å². The van der Waals surface area contributed by atoms with Crippen LogP contribution in [0.25, 0.3) is 11.3 Å². The van der Waals surface area contributed by atoms with Gasteiger partial charge in [0.25, 0.3) is 0 Å². The van der Waals surface area contributed by atoms with Crippen LogP contribution in [-0.2, 0) is 0 Å². The van der Waals surface area contributed by atoms with E-state index in [1.54, 1.807) is 6.20 Å². The van der Waals surface area contributed by atoms with Crippen molar-refractivity contribution >= 4 is 17.4 Å². The van der Waals surface area contributed by atoms with Gasteiger partial charge >= 0.3 is 0 Å². The van der Waals surface area contributed by atoms with Gasteiger partial charge in [-0.1, -0.05) is 28.9 Å². The Morgan fingerprint density at radius 3 is 2.64 bits per heavy atom. The molecule has 28 heavy (non-hydrogen) atoms. The highest BCUT2D eigenvalue weighted by Gasteiger charge is 2.25. The van der Waals surface area contributed by atoms with Crippen molar-refractivity contribution in [2.75, 3.05) is 31.1 Å². The lowest BCUT2D eigenvalue weighted by Crippen LogP contribution is -2.47. The fraction of sp³-hybridized carbons (Fsp3) is 0.286. The molecule has 7 heteroatoms. The monoisotopic (exact) mass is 393 g/mol. The number of benzene rings is 1. The molecule has 3 heterocycles. The smallest absolute Gasteiger partial charge is 0.167 e. The molecule has 0 N–H and O–H groups in total. The van der Waals surface area contributed by atoms with Crippen molar-refractivity contribution < 1.29 is 4.52 Å². The van der Waals surface area contributed by atoms with E-state index in [1.807, 2.05) is 42.5 Å². The van der Waals surface area contributed by atoms with E-state index in [1.165, 1.54) is 0 Å². The van der Waals surface area contributed by atoms with Crippen LogP contribution in [0, 0.1) is 11.3 Å². The van der Waals surface area contributed by atoms with Crippen LogP contribution in [-0.4, -0.2) is 41.2 Å². The Labute approximate surface area is 168 Å². The normalized spacial score (nSPS) is 16.0. The van der Waals surface area contributed by atoms with Gasteiger partial charge in [-0.15, -0.1) is 0 Å². The van der Waals surface area contributed by atoms with Crippen LogP contribution in [0.3, 0.4) is 0 Å². The molecular formula is C21H20ClN5O. The van der Waals surface area contributed by atoms with Crippen LogP contribution in [0.2, 0.25) is 5.02 Å². The fourth-order valence-corrected chi connectivity index (χ4v) is 3.62. The van der Waals surface area contributed by atoms with Gasteiger partial charge in [-0.2, -0.15) is 5.26 Å². The predicted octanol–water partition coefficient (Wildman–Crippen LogP) is 4.14. The van der Waals surface area contributed by atoms with E-state index in [0.717, 1.165) is 49.0 Å². The summed E-state index contributed by atoms with van der Waals surface area (Å²) in [5, 5.41) is 13.9. The molecule has 0 bridgehead atoms. The zero-order valence-corrected chi connectivity index (χ0v) is 16.3. The van der Waals surface area contributed by atoms with Gasteiger partial charge in [0.2, 0.25) is 0 Å². The second-order valence-corrected chi connectivity index (χ2v) is 7.28. The Bertz CT molecular complexity index is 987. The number of nitriles is 1. The fourth-order valence-electron chi connectivity index (χ4n) is 3.43. The average Bonchev–Trinajstić information content (AvgIpc) is 3.24. The van der Waals surface area contributed by atoms with Crippen molar-refractivity contribution in [1.29, 1.82) is 5.26 Å². The third kappa shape index (κ3) is 3.86. The highest BCUT2D eigenvalue weighted by Crippen LogP contribution is 2.28. The van der Waals surface area contributed by atoms with Gasteiger partial charge in [0, 0.05) is 49.0 Å². The predicted molar refractivity (Wildman–Crippen MR) is 108 cm³/mol. The van der Waals surface area contributed by atoms with E-state index in [4.69, 9.17) is 21.4 Å². The van der Waals surface area contributed by atoms with Crippen molar-refractivity contribution in [2.24, 2.45) is 0 Å². The Balaban J connectivity index is 1.40. The van der Waals surface area contributed by atoms with Crippen LogP contribution in [0.4, 0.5) is 5.82 Å². The van der Waals surface area contributed by atoms with Gasteiger partial charge in [0.05, 0.1) is 11.6 Å². The van der Waals surface area contributed by atoms with Crippen molar-refractivity contribution in [3.8, 4) is 17.4 Å². The zero-order valence-electron chi connectivity index (χ0n) is 15.5. The third-order valence-corrected chi connectivity index (χ3v) is 5.36. The second kappa shape index (κ2) is 8.01. The summed E-state index contributed by atoms with van der Waals surface area (Å²) in [7, 11) is 0. The zero-order chi connectivity index (χ0) is 19.5. The van der Waals surface area contributed by atoms with Gasteiger partial charge in [0.15, 0.2) is 5.76 Å². The van der Waals surface area contributed by atoms with E-state index in [0.29, 0.717) is 10.6 Å². The van der Waals surface area contributed by atoms with E-state index in [-0.39, 0.29) is 6.04 Å². The van der Waals surface area contributed by atoms with E-state index >= 15 is 0 Å². The van der Waals surface area contributed by atoms with Crippen molar-refractivity contribution in [3.63, 3.8) is 0 Å². The Morgan fingerprint density at radius 2 is 1.96 bits per heavy atom. The molecule has 0 radical (unpaired) electrons. The van der Waals surface area contributed by atoms with Crippen LogP contribution >= 0.6 is 11.6 Å². The lowest BCUT2D eigenvalue weighted by Gasteiger charge is -2.37. The summed E-state index contributed by atoms with van der Waals surface area (Å²) in [6.07, 6.45) is 1.62. The number of anilines is 1. The lowest BCUT2D eigenvalue weighted by atomic mass is 10.1. The molecule has 1 fully saturated rings. The van der Waals surface area contributed by atoms with Gasteiger partial charge in [-0.25, -0.2) is 4.98 Å². The molecule has 142 valence electrons. The summed E-state index contributed by atoms with van der Waals surface area (Å²) in [6, 6.07) is 15.6. The minimum absolute atomic E-state index is 0.160. The van der Waals surface area contributed by atoms with Crippen LogP contribution in [0.5, 0.6) is 0 Å². The van der Waals surface area contributed by atoms with Crippen LogP contribution in [0.1, 0.15) is 24.2 Å². The molecule has 0 saturated carbocycles. The maximum Gasteiger partial charge on any atom is 0.167 e. The summed E-state index contributed by atoms with van der Waals surface area (Å²) in [6.45, 7) is 5.71. The molecule has 0 aliphatic carbocycles. The molecule has 2 aromatic heterocycles. The number of hydrogen-bond acceptors (Lipinski definition) is 6. The summed E-state index contributed by atoms with van der Waals surface area (Å²) >= 11 is 6.07. The number of halogens is 1. The number of piperazine rings is 1. The number of hydrogen-bond donors (Lipinski definition) is 0. The first kappa shape index (κ1) is 18.5. The van der Waals surface area contributed by atoms with Crippen molar-refractivity contribution in [3.05, 3.63) is 64.9 Å². The highest BCUT2D eigenvalue weighted by molar-refractivity contribution is 6.30. The number of aromatic nitrogens is 2. The van der Waals surface area contributed by atoms with Gasteiger partial charge in [-0.3, -0.25) is 4.90 Å².